The molecular formula is C71H53N. The molecule has 0 aromatic heterocycles. The van der Waals surface area contributed by atoms with Crippen molar-refractivity contribution in [1.82, 2.24) is 0 Å². The highest BCUT2D eigenvalue weighted by atomic mass is 15.1. The van der Waals surface area contributed by atoms with E-state index < -0.39 is 0 Å². The van der Waals surface area contributed by atoms with Crippen molar-refractivity contribution in [2.75, 3.05) is 4.90 Å². The number of anilines is 3. The molecule has 0 heterocycles. The molecule has 11 aromatic carbocycles. The summed E-state index contributed by atoms with van der Waals surface area (Å²) in [7, 11) is 0. The average molecular weight is 920 g/mol. The molecule has 2 aliphatic carbocycles. The molecule has 0 aliphatic heterocycles. The van der Waals surface area contributed by atoms with Gasteiger partial charge in [-0.15, -0.1) is 0 Å². The summed E-state index contributed by atoms with van der Waals surface area (Å²) >= 11 is 0. The van der Waals surface area contributed by atoms with Crippen molar-refractivity contribution >= 4 is 17.1 Å². The quantitative estimate of drug-likeness (QED) is 0.154. The van der Waals surface area contributed by atoms with Gasteiger partial charge in [0.15, 0.2) is 0 Å². The third-order valence-corrected chi connectivity index (χ3v) is 15.4. The predicted molar refractivity (Wildman–Crippen MR) is 303 cm³/mol. The van der Waals surface area contributed by atoms with Crippen LogP contribution in [0.2, 0.25) is 0 Å². The van der Waals surface area contributed by atoms with E-state index in [0.717, 1.165) is 29.9 Å². The molecule has 72 heavy (non-hydrogen) atoms. The molecule has 0 unspecified atom stereocenters. The Labute approximate surface area is 424 Å². The molecule has 1 nitrogen and oxygen atoms in total. The zero-order valence-corrected chi connectivity index (χ0v) is 40.7. The van der Waals surface area contributed by atoms with E-state index in [1.54, 1.807) is 0 Å². The van der Waals surface area contributed by atoms with Crippen LogP contribution in [0.25, 0.3) is 77.9 Å². The molecule has 0 radical (unpaired) electrons. The summed E-state index contributed by atoms with van der Waals surface area (Å²) in [5.41, 5.74) is 28.7. The van der Waals surface area contributed by atoms with Crippen LogP contribution in [0.4, 0.5) is 17.1 Å². The number of para-hydroxylation sites is 1. The molecular weight excluding hydrogens is 867 g/mol. The number of rotatable bonds is 7. The molecule has 0 N–H and O–H groups in total. The minimum Gasteiger partial charge on any atom is -0.310 e. The van der Waals surface area contributed by atoms with Crippen molar-refractivity contribution in [1.29, 1.82) is 0 Å². The van der Waals surface area contributed by atoms with Gasteiger partial charge in [-0.3, -0.25) is 0 Å². The molecule has 0 fully saturated rings. The first-order chi connectivity index (χ1) is 35.4. The number of hydrogen-bond acceptors (Lipinski definition) is 1. The summed E-state index contributed by atoms with van der Waals surface area (Å²) in [5.74, 6) is 0. The predicted octanol–water partition coefficient (Wildman–Crippen LogP) is 19.0. The first-order valence-electron chi connectivity index (χ1n) is 25.3. The van der Waals surface area contributed by atoms with Crippen LogP contribution in [0.15, 0.2) is 261 Å². The Morgan fingerprint density at radius 3 is 1.32 bits per heavy atom. The third kappa shape index (κ3) is 7.66. The maximum Gasteiger partial charge on any atom is 0.0540 e. The Morgan fingerprint density at radius 2 is 0.694 bits per heavy atom. The maximum absolute atomic E-state index is 2.50. The van der Waals surface area contributed by atoms with Crippen molar-refractivity contribution in [3.05, 3.63) is 294 Å². The van der Waals surface area contributed by atoms with Gasteiger partial charge in [-0.25, -0.2) is 0 Å². The van der Waals surface area contributed by atoms with E-state index in [1.807, 2.05) is 0 Å². The Morgan fingerprint density at radius 1 is 0.264 bits per heavy atom. The van der Waals surface area contributed by atoms with Gasteiger partial charge in [0.05, 0.1) is 5.69 Å². The van der Waals surface area contributed by atoms with Gasteiger partial charge in [-0.1, -0.05) is 226 Å². The van der Waals surface area contributed by atoms with Gasteiger partial charge in [0.1, 0.15) is 0 Å². The van der Waals surface area contributed by atoms with Crippen molar-refractivity contribution < 1.29 is 0 Å². The van der Waals surface area contributed by atoms with Gasteiger partial charge in [0, 0.05) is 22.4 Å². The number of nitrogens with zero attached hydrogens (tertiary/aromatic N) is 1. The van der Waals surface area contributed by atoms with Crippen LogP contribution in [-0.4, -0.2) is 0 Å². The fourth-order valence-corrected chi connectivity index (χ4v) is 11.8. The van der Waals surface area contributed by atoms with Crippen molar-refractivity contribution in [3.8, 4) is 77.9 Å². The van der Waals surface area contributed by atoms with Gasteiger partial charge >= 0.3 is 0 Å². The second kappa shape index (κ2) is 17.9. The topological polar surface area (TPSA) is 3.24 Å². The fraction of sp³-hybridized carbons (Fsp3) is 0.0704. The lowest BCUT2D eigenvalue weighted by molar-refractivity contribution is 0.660. The van der Waals surface area contributed by atoms with E-state index in [1.165, 1.54) is 111 Å². The summed E-state index contributed by atoms with van der Waals surface area (Å²) in [5, 5.41) is 0. The Bertz CT molecular complexity index is 3770. The lowest BCUT2D eigenvalue weighted by Crippen LogP contribution is -2.15. The summed E-state index contributed by atoms with van der Waals surface area (Å²) in [6.07, 6.45) is 1.57. The molecule has 342 valence electrons. The SMILES string of the molecule is CC1(C)c2ccccc2-c2cc(N(c3ccc4c(c3)Cc3ccccc3-c3ccc(-c5cc(-c6ccccc6)cc(-c6ccccc6)c5)cc3Cc3ccccc3-4)c3ccccc3-c3ccccc3)ccc21. The third-order valence-electron chi connectivity index (χ3n) is 15.4. The van der Waals surface area contributed by atoms with Crippen LogP contribution >= 0.6 is 0 Å². The second-order valence-electron chi connectivity index (χ2n) is 20.0. The Balaban J connectivity index is 0.971. The van der Waals surface area contributed by atoms with Gasteiger partial charge in [-0.05, 0) is 167 Å². The van der Waals surface area contributed by atoms with Crippen LogP contribution in [-0.2, 0) is 18.3 Å². The first kappa shape index (κ1) is 43.3. The molecule has 0 saturated heterocycles. The molecule has 0 saturated carbocycles. The van der Waals surface area contributed by atoms with Gasteiger partial charge < -0.3 is 4.90 Å². The molecule has 13 rings (SSSR count). The lowest BCUT2D eigenvalue weighted by atomic mass is 9.82. The lowest BCUT2D eigenvalue weighted by Gasteiger charge is -2.30. The van der Waals surface area contributed by atoms with Crippen LogP contribution in [0, 0.1) is 0 Å². The van der Waals surface area contributed by atoms with E-state index in [-0.39, 0.29) is 5.41 Å². The van der Waals surface area contributed by atoms with E-state index in [9.17, 15) is 0 Å². The van der Waals surface area contributed by atoms with Crippen LogP contribution in [0.3, 0.4) is 0 Å². The summed E-state index contributed by atoms with van der Waals surface area (Å²) in [6.45, 7) is 4.72. The highest BCUT2D eigenvalue weighted by Gasteiger charge is 2.36. The fourth-order valence-electron chi connectivity index (χ4n) is 11.8. The zero-order valence-electron chi connectivity index (χ0n) is 40.7. The van der Waals surface area contributed by atoms with E-state index >= 15 is 0 Å². The summed E-state index contributed by atoms with van der Waals surface area (Å²) in [6, 6.07) is 97.1. The van der Waals surface area contributed by atoms with Crippen LogP contribution in [0.5, 0.6) is 0 Å². The molecule has 0 bridgehead atoms. The largest absolute Gasteiger partial charge is 0.310 e. The van der Waals surface area contributed by atoms with E-state index in [4.69, 9.17) is 0 Å². The molecule has 11 aromatic rings. The first-order valence-corrected chi connectivity index (χ1v) is 25.3. The summed E-state index contributed by atoms with van der Waals surface area (Å²) < 4.78 is 0. The highest BCUT2D eigenvalue weighted by Crippen LogP contribution is 2.52. The Hall–Kier alpha value is -8.78. The Kier molecular flexibility index (Phi) is 10.7. The standard InChI is InChI=1S/C71H53N/c1-71(2)68-32-18-16-31-66(68)67-47-60(36-39-69(67)71)72(70-33-19-17-30-65(70)50-24-10-5-11-25-50)59-35-38-64-58(46-59)42-53-27-13-14-28-61(53)63-37-34-51(40-57(63)41-52-26-12-15-29-62(52)64)56-44-54(48-20-6-3-7-21-48)43-55(45-56)49-22-8-4-9-23-49/h3-40,43-47H,41-42H2,1-2H3. The molecule has 0 spiro atoms. The number of hydrogen-bond donors (Lipinski definition) is 0. The highest BCUT2D eigenvalue weighted by molar-refractivity contribution is 5.93. The maximum atomic E-state index is 2.50. The second-order valence-corrected chi connectivity index (χ2v) is 20.0. The van der Waals surface area contributed by atoms with E-state index in [0.29, 0.717) is 0 Å². The average Bonchev–Trinajstić information content (AvgIpc) is 3.67. The van der Waals surface area contributed by atoms with Gasteiger partial charge in [0.2, 0.25) is 0 Å². The molecule has 2 aliphatic rings. The van der Waals surface area contributed by atoms with Crippen molar-refractivity contribution in [2.24, 2.45) is 0 Å². The summed E-state index contributed by atoms with van der Waals surface area (Å²) in [4.78, 5) is 2.50. The molecule has 0 amide bonds. The van der Waals surface area contributed by atoms with Crippen molar-refractivity contribution in [2.45, 2.75) is 32.1 Å². The van der Waals surface area contributed by atoms with E-state index in [2.05, 4.69) is 280 Å². The van der Waals surface area contributed by atoms with Crippen LogP contribution < -0.4 is 4.90 Å². The smallest absolute Gasteiger partial charge is 0.0540 e. The molecule has 1 heteroatoms. The number of benzene rings is 11. The number of fused-ring (bicyclic) bond motifs is 9. The zero-order chi connectivity index (χ0) is 48.2. The normalized spacial score (nSPS) is 12.9. The van der Waals surface area contributed by atoms with Gasteiger partial charge in [0.25, 0.3) is 0 Å². The van der Waals surface area contributed by atoms with Crippen LogP contribution in [0.1, 0.15) is 47.2 Å². The minimum atomic E-state index is -0.0860. The monoisotopic (exact) mass is 919 g/mol. The minimum absolute atomic E-state index is 0.0860. The van der Waals surface area contributed by atoms with Gasteiger partial charge in [-0.2, -0.15) is 0 Å². The van der Waals surface area contributed by atoms with Crippen molar-refractivity contribution in [3.63, 3.8) is 0 Å². The molecule has 0 atom stereocenters.